The number of likely N-dealkylation sites (N-methyl/N-ethyl adjacent to an activating group) is 1. The van der Waals surface area contributed by atoms with Gasteiger partial charge in [-0.25, -0.2) is 4.39 Å². The van der Waals surface area contributed by atoms with Crippen LogP contribution in [-0.4, -0.2) is 19.8 Å². The Labute approximate surface area is 109 Å². The number of benzene rings is 1. The molecular formula is C15H22FNO. The molecule has 0 saturated heterocycles. The van der Waals surface area contributed by atoms with E-state index in [0.29, 0.717) is 12.5 Å². The molecule has 0 heterocycles. The van der Waals surface area contributed by atoms with Gasteiger partial charge in [-0.3, -0.25) is 0 Å². The van der Waals surface area contributed by atoms with Crippen LogP contribution in [0.3, 0.4) is 0 Å². The van der Waals surface area contributed by atoms with Gasteiger partial charge in [-0.2, -0.15) is 0 Å². The Morgan fingerprint density at radius 3 is 2.72 bits per heavy atom. The summed E-state index contributed by atoms with van der Waals surface area (Å²) < 4.78 is 19.3. The van der Waals surface area contributed by atoms with Gasteiger partial charge in [0.1, 0.15) is 5.82 Å². The minimum atomic E-state index is -0.179. The van der Waals surface area contributed by atoms with Crippen LogP contribution in [0, 0.1) is 18.7 Å². The second-order valence-electron chi connectivity index (χ2n) is 5.02. The molecule has 1 aliphatic carbocycles. The van der Waals surface area contributed by atoms with E-state index in [-0.39, 0.29) is 18.0 Å². The van der Waals surface area contributed by atoms with Crippen LogP contribution in [0.15, 0.2) is 18.2 Å². The molecule has 2 rings (SSSR count). The summed E-state index contributed by atoms with van der Waals surface area (Å²) in [7, 11) is 1.92. The number of hydrogen-bond acceptors (Lipinski definition) is 2. The molecule has 1 fully saturated rings. The van der Waals surface area contributed by atoms with Crippen molar-refractivity contribution in [3.63, 3.8) is 0 Å². The van der Waals surface area contributed by atoms with Crippen molar-refractivity contribution in [2.24, 2.45) is 5.92 Å². The van der Waals surface area contributed by atoms with E-state index in [0.717, 1.165) is 11.1 Å². The fourth-order valence-electron chi connectivity index (χ4n) is 2.56. The zero-order valence-electron chi connectivity index (χ0n) is 11.4. The Kier molecular flexibility index (Phi) is 4.36. The highest BCUT2D eigenvalue weighted by Crippen LogP contribution is 2.40. The summed E-state index contributed by atoms with van der Waals surface area (Å²) in [5.41, 5.74) is 2.13. The monoisotopic (exact) mass is 251 g/mol. The number of hydrogen-bond donors (Lipinski definition) is 1. The lowest BCUT2D eigenvalue weighted by atomic mass is 9.94. The van der Waals surface area contributed by atoms with Crippen molar-refractivity contribution >= 4 is 0 Å². The van der Waals surface area contributed by atoms with E-state index in [4.69, 9.17) is 4.74 Å². The van der Waals surface area contributed by atoms with E-state index in [1.807, 2.05) is 27.0 Å². The quantitative estimate of drug-likeness (QED) is 0.838. The maximum Gasteiger partial charge on any atom is 0.123 e. The van der Waals surface area contributed by atoms with Crippen molar-refractivity contribution in [2.75, 3.05) is 13.7 Å². The van der Waals surface area contributed by atoms with Crippen LogP contribution < -0.4 is 5.32 Å². The molecular weight excluding hydrogens is 229 g/mol. The lowest BCUT2D eigenvalue weighted by molar-refractivity contribution is 0.0202. The van der Waals surface area contributed by atoms with Crippen molar-refractivity contribution in [3.8, 4) is 0 Å². The molecule has 1 aromatic carbocycles. The van der Waals surface area contributed by atoms with Crippen LogP contribution in [-0.2, 0) is 4.74 Å². The molecule has 0 aliphatic heterocycles. The smallest absolute Gasteiger partial charge is 0.123 e. The molecule has 1 N–H and O–H groups in total. The Morgan fingerprint density at radius 2 is 2.17 bits per heavy atom. The third-order valence-corrected chi connectivity index (χ3v) is 3.66. The van der Waals surface area contributed by atoms with Crippen molar-refractivity contribution in [2.45, 2.75) is 38.8 Å². The number of aryl methyl sites for hydroxylation is 1. The number of nitrogens with one attached hydrogen (secondary N) is 1. The predicted molar refractivity (Wildman–Crippen MR) is 71.1 cm³/mol. The van der Waals surface area contributed by atoms with Gasteiger partial charge in [-0.05, 0) is 62.9 Å². The Balaban J connectivity index is 2.27. The van der Waals surface area contributed by atoms with E-state index in [9.17, 15) is 4.39 Å². The van der Waals surface area contributed by atoms with Gasteiger partial charge in [-0.15, -0.1) is 0 Å². The number of rotatable bonds is 6. The summed E-state index contributed by atoms with van der Waals surface area (Å²) in [4.78, 5) is 0. The normalized spacial score (nSPS) is 18.7. The summed E-state index contributed by atoms with van der Waals surface area (Å²) in [6.45, 7) is 4.74. The van der Waals surface area contributed by atoms with Gasteiger partial charge in [0.05, 0.1) is 12.1 Å². The molecule has 1 saturated carbocycles. The van der Waals surface area contributed by atoms with Crippen LogP contribution >= 0.6 is 0 Å². The second-order valence-corrected chi connectivity index (χ2v) is 5.02. The lowest BCUT2D eigenvalue weighted by Gasteiger charge is -2.28. The summed E-state index contributed by atoms with van der Waals surface area (Å²) in [6, 6.07) is 5.06. The fourth-order valence-corrected chi connectivity index (χ4v) is 2.56. The standard InChI is InChI=1S/C15H22FNO/c1-4-18-15(11-6-7-11)14(17-3)13-9-12(16)8-5-10(13)2/h5,8-9,11,14-15,17H,4,6-7H2,1-3H3. The number of ether oxygens (including phenoxy) is 1. The van der Waals surface area contributed by atoms with Gasteiger partial charge >= 0.3 is 0 Å². The molecule has 100 valence electrons. The van der Waals surface area contributed by atoms with Gasteiger partial charge < -0.3 is 10.1 Å². The molecule has 2 nitrogen and oxygen atoms in total. The summed E-state index contributed by atoms with van der Waals surface area (Å²) in [5.74, 6) is 0.437. The molecule has 0 amide bonds. The second kappa shape index (κ2) is 5.81. The molecule has 18 heavy (non-hydrogen) atoms. The first-order valence-corrected chi connectivity index (χ1v) is 6.72. The Hall–Kier alpha value is -0.930. The van der Waals surface area contributed by atoms with Crippen LogP contribution in [0.4, 0.5) is 4.39 Å². The highest BCUT2D eigenvalue weighted by atomic mass is 19.1. The van der Waals surface area contributed by atoms with Crippen molar-refractivity contribution in [1.82, 2.24) is 5.32 Å². The third kappa shape index (κ3) is 2.90. The van der Waals surface area contributed by atoms with Crippen molar-refractivity contribution in [1.29, 1.82) is 0 Å². The lowest BCUT2D eigenvalue weighted by Crippen LogP contribution is -2.34. The first-order chi connectivity index (χ1) is 8.67. The van der Waals surface area contributed by atoms with Gasteiger partial charge in [0, 0.05) is 6.61 Å². The van der Waals surface area contributed by atoms with Gasteiger partial charge in [0.25, 0.3) is 0 Å². The van der Waals surface area contributed by atoms with Crippen LogP contribution in [0.2, 0.25) is 0 Å². The summed E-state index contributed by atoms with van der Waals surface area (Å²) in [5, 5.41) is 3.30. The van der Waals surface area contributed by atoms with E-state index in [1.54, 1.807) is 6.07 Å². The predicted octanol–water partition coefficient (Wildman–Crippen LogP) is 3.21. The fraction of sp³-hybridized carbons (Fsp3) is 0.600. The average Bonchev–Trinajstić information content (AvgIpc) is 3.17. The first-order valence-electron chi connectivity index (χ1n) is 6.72. The van der Waals surface area contributed by atoms with E-state index in [2.05, 4.69) is 5.32 Å². The van der Waals surface area contributed by atoms with Crippen LogP contribution in [0.5, 0.6) is 0 Å². The average molecular weight is 251 g/mol. The molecule has 0 bridgehead atoms. The molecule has 1 aromatic rings. The minimum Gasteiger partial charge on any atom is -0.376 e. The molecule has 1 aliphatic rings. The van der Waals surface area contributed by atoms with E-state index < -0.39 is 0 Å². The highest BCUT2D eigenvalue weighted by Gasteiger charge is 2.37. The maximum atomic E-state index is 13.4. The van der Waals surface area contributed by atoms with Crippen LogP contribution in [0.1, 0.15) is 36.9 Å². The zero-order valence-corrected chi connectivity index (χ0v) is 11.4. The zero-order chi connectivity index (χ0) is 13.1. The third-order valence-electron chi connectivity index (χ3n) is 3.66. The molecule has 0 radical (unpaired) electrons. The summed E-state index contributed by atoms with van der Waals surface area (Å²) in [6.07, 6.45) is 2.59. The molecule has 0 spiro atoms. The molecule has 2 atom stereocenters. The SMILES string of the molecule is CCOC(C1CC1)C(NC)c1cc(F)ccc1C. The van der Waals surface area contributed by atoms with Crippen LogP contribution in [0.25, 0.3) is 0 Å². The van der Waals surface area contributed by atoms with Gasteiger partial charge in [0.2, 0.25) is 0 Å². The highest BCUT2D eigenvalue weighted by molar-refractivity contribution is 5.30. The topological polar surface area (TPSA) is 21.3 Å². The molecule has 0 aromatic heterocycles. The maximum absolute atomic E-state index is 13.4. The largest absolute Gasteiger partial charge is 0.376 e. The summed E-state index contributed by atoms with van der Waals surface area (Å²) >= 11 is 0. The van der Waals surface area contributed by atoms with E-state index >= 15 is 0 Å². The molecule has 3 heteroatoms. The first kappa shape index (κ1) is 13.5. The van der Waals surface area contributed by atoms with Gasteiger partial charge in [-0.1, -0.05) is 6.07 Å². The molecule has 2 unspecified atom stereocenters. The van der Waals surface area contributed by atoms with Crippen molar-refractivity contribution in [3.05, 3.63) is 35.1 Å². The van der Waals surface area contributed by atoms with Crippen molar-refractivity contribution < 1.29 is 9.13 Å². The Morgan fingerprint density at radius 1 is 1.44 bits per heavy atom. The van der Waals surface area contributed by atoms with Gasteiger partial charge in [0.15, 0.2) is 0 Å². The van der Waals surface area contributed by atoms with E-state index in [1.165, 1.54) is 18.9 Å². The minimum absolute atomic E-state index is 0.0770. The Bertz CT molecular complexity index is 403. The number of halogens is 1.